The molecule has 2 heterocycles. The minimum absolute atomic E-state index is 0.0946. The number of fused-ring (bicyclic) bond motifs is 9. The van der Waals surface area contributed by atoms with Gasteiger partial charge in [-0.2, -0.15) is 0 Å². The summed E-state index contributed by atoms with van der Waals surface area (Å²) in [6.45, 7) is 6.90. The van der Waals surface area contributed by atoms with E-state index in [1.165, 1.54) is 113 Å². The highest BCUT2D eigenvalue weighted by atomic mass is 15.1. The summed E-state index contributed by atoms with van der Waals surface area (Å²) < 4.78 is 0. The first-order valence-corrected chi connectivity index (χ1v) is 22.5. The highest BCUT2D eigenvalue weighted by molar-refractivity contribution is 6.14. The molecule has 3 aliphatic rings. The van der Waals surface area contributed by atoms with Gasteiger partial charge in [0.2, 0.25) is 0 Å². The summed E-state index contributed by atoms with van der Waals surface area (Å²) in [7, 11) is 0. The highest BCUT2D eigenvalue weighted by Gasteiger charge is 2.43. The van der Waals surface area contributed by atoms with Crippen LogP contribution < -0.4 is 9.80 Å². The Labute approximate surface area is 361 Å². The second-order valence-electron chi connectivity index (χ2n) is 17.3. The van der Waals surface area contributed by atoms with Crippen LogP contribution in [0.5, 0.6) is 0 Å². The SMILES string of the molecule is CCC1(CC)c2cc(/C=C/c3ccc(N4CCCc5ccccc54)cc3)c3ccccc3c2-c2c1cc(/C=C/c1ccc(N3CCCc4ccccc43)cc1)c1ccccc21. The van der Waals surface area contributed by atoms with Crippen LogP contribution in [0.4, 0.5) is 22.7 Å². The zero-order valence-corrected chi connectivity index (χ0v) is 35.4. The van der Waals surface area contributed by atoms with Crippen molar-refractivity contribution < 1.29 is 0 Å². The first-order chi connectivity index (χ1) is 30.1. The van der Waals surface area contributed by atoms with Crippen LogP contribution in [-0.4, -0.2) is 13.1 Å². The molecule has 0 radical (unpaired) electrons. The molecule has 0 N–H and O–H groups in total. The highest BCUT2D eigenvalue weighted by Crippen LogP contribution is 2.58. The maximum atomic E-state index is 2.53. The molecule has 0 saturated heterocycles. The molecule has 0 unspecified atom stereocenters. The molecule has 0 fully saturated rings. The lowest BCUT2D eigenvalue weighted by atomic mass is 9.72. The molecule has 0 amide bonds. The van der Waals surface area contributed by atoms with E-state index in [0.29, 0.717) is 0 Å². The summed E-state index contributed by atoms with van der Waals surface area (Å²) in [4.78, 5) is 4.95. The van der Waals surface area contributed by atoms with Gasteiger partial charge in [-0.15, -0.1) is 0 Å². The van der Waals surface area contributed by atoms with Crippen molar-refractivity contribution in [2.75, 3.05) is 22.9 Å². The molecule has 0 bridgehead atoms. The first kappa shape index (κ1) is 37.4. The summed E-state index contributed by atoms with van der Waals surface area (Å²) in [5, 5.41) is 5.29. The van der Waals surface area contributed by atoms with E-state index in [1.54, 1.807) is 0 Å². The van der Waals surface area contributed by atoms with Crippen molar-refractivity contribution in [3.8, 4) is 11.1 Å². The topological polar surface area (TPSA) is 6.48 Å². The molecule has 0 atom stereocenters. The van der Waals surface area contributed by atoms with Gasteiger partial charge in [0.15, 0.2) is 0 Å². The molecule has 61 heavy (non-hydrogen) atoms. The Morgan fingerprint density at radius 3 is 1.26 bits per heavy atom. The Balaban J connectivity index is 0.958. The van der Waals surface area contributed by atoms with Crippen LogP contribution in [0.2, 0.25) is 0 Å². The first-order valence-electron chi connectivity index (χ1n) is 22.5. The predicted octanol–water partition coefficient (Wildman–Crippen LogP) is 15.6. The number of anilines is 4. The van der Waals surface area contributed by atoms with Gasteiger partial charge in [0.05, 0.1) is 0 Å². The summed E-state index contributed by atoms with van der Waals surface area (Å²) in [6.07, 6.45) is 16.1. The van der Waals surface area contributed by atoms with Crippen LogP contribution in [0.15, 0.2) is 158 Å². The lowest BCUT2D eigenvalue weighted by Crippen LogP contribution is -2.24. The summed E-state index contributed by atoms with van der Waals surface area (Å²) in [6, 6.07) is 59.3. The summed E-state index contributed by atoms with van der Waals surface area (Å²) in [5.41, 5.74) is 18.8. The van der Waals surface area contributed by atoms with E-state index in [0.717, 1.165) is 38.8 Å². The van der Waals surface area contributed by atoms with Crippen molar-refractivity contribution in [3.05, 3.63) is 202 Å². The Morgan fingerprint density at radius 1 is 0.443 bits per heavy atom. The van der Waals surface area contributed by atoms with E-state index >= 15 is 0 Å². The van der Waals surface area contributed by atoms with Crippen molar-refractivity contribution in [1.29, 1.82) is 0 Å². The van der Waals surface area contributed by atoms with Crippen LogP contribution >= 0.6 is 0 Å². The molecule has 0 spiro atoms. The smallest absolute Gasteiger partial charge is 0.0443 e. The number of para-hydroxylation sites is 2. The van der Waals surface area contributed by atoms with Gasteiger partial charge in [-0.1, -0.05) is 147 Å². The normalized spacial score (nSPS) is 15.4. The van der Waals surface area contributed by atoms with Gasteiger partial charge in [-0.3, -0.25) is 0 Å². The van der Waals surface area contributed by atoms with Crippen LogP contribution in [-0.2, 0) is 18.3 Å². The van der Waals surface area contributed by atoms with Crippen molar-refractivity contribution in [3.63, 3.8) is 0 Å². The number of aryl methyl sites for hydroxylation is 2. The fourth-order valence-corrected chi connectivity index (χ4v) is 11.0. The minimum atomic E-state index is -0.0946. The third kappa shape index (κ3) is 6.31. The van der Waals surface area contributed by atoms with Crippen LogP contribution in [0.25, 0.3) is 57.0 Å². The standard InChI is InChI=1S/C59H52N2/c1-3-59(4-2)53-39-45(31-25-41-27-33-47(34-28-41)60-37-13-17-43-15-5-11-23-55(43)60)49-19-7-9-21-51(49)57(53)58-52-22-10-8-20-50(52)46(40-54(58)59)32-26-42-29-35-48(36-30-42)61-38-14-18-44-16-6-12-24-56(44)61/h5-12,15-16,19-36,39-40H,3-4,13-14,17-18,37-38H2,1-2H3/b31-25+,32-26+. The Kier molecular flexibility index (Phi) is 9.45. The Morgan fingerprint density at radius 2 is 0.836 bits per heavy atom. The van der Waals surface area contributed by atoms with E-state index in [2.05, 4.69) is 206 Å². The van der Waals surface area contributed by atoms with Gasteiger partial charge in [0.1, 0.15) is 0 Å². The maximum Gasteiger partial charge on any atom is 0.0443 e. The van der Waals surface area contributed by atoms with Gasteiger partial charge in [-0.25, -0.2) is 0 Å². The van der Waals surface area contributed by atoms with Crippen molar-refractivity contribution in [1.82, 2.24) is 0 Å². The maximum absolute atomic E-state index is 2.53. The molecule has 11 rings (SSSR count). The largest absolute Gasteiger partial charge is 0.341 e. The van der Waals surface area contributed by atoms with E-state index < -0.39 is 0 Å². The van der Waals surface area contributed by atoms with E-state index in [9.17, 15) is 0 Å². The van der Waals surface area contributed by atoms with Gasteiger partial charge in [-0.05, 0) is 164 Å². The average molecular weight is 789 g/mol. The lowest BCUT2D eigenvalue weighted by molar-refractivity contribution is 0.491. The zero-order valence-electron chi connectivity index (χ0n) is 35.4. The number of benzene rings is 8. The number of nitrogens with zero attached hydrogens (tertiary/aromatic N) is 2. The van der Waals surface area contributed by atoms with Gasteiger partial charge in [0, 0.05) is 41.3 Å². The van der Waals surface area contributed by atoms with Gasteiger partial charge < -0.3 is 9.80 Å². The third-order valence-electron chi connectivity index (χ3n) is 14.2. The van der Waals surface area contributed by atoms with Crippen molar-refractivity contribution >= 4 is 68.6 Å². The van der Waals surface area contributed by atoms with E-state index in [-0.39, 0.29) is 5.41 Å². The quantitative estimate of drug-likeness (QED) is 0.142. The van der Waals surface area contributed by atoms with Crippen molar-refractivity contribution in [2.45, 2.75) is 57.8 Å². The van der Waals surface area contributed by atoms with Crippen molar-refractivity contribution in [2.24, 2.45) is 0 Å². The van der Waals surface area contributed by atoms with Crippen LogP contribution in [0.3, 0.4) is 0 Å². The fourth-order valence-electron chi connectivity index (χ4n) is 11.0. The predicted molar refractivity (Wildman–Crippen MR) is 263 cm³/mol. The summed E-state index contributed by atoms with van der Waals surface area (Å²) >= 11 is 0. The van der Waals surface area contributed by atoms with Gasteiger partial charge in [0.25, 0.3) is 0 Å². The molecule has 298 valence electrons. The number of hydrogen-bond donors (Lipinski definition) is 0. The molecule has 0 aromatic heterocycles. The molecular weight excluding hydrogens is 737 g/mol. The average Bonchev–Trinajstić information content (AvgIpc) is 3.62. The Hall–Kier alpha value is -6.64. The zero-order chi connectivity index (χ0) is 40.9. The van der Waals surface area contributed by atoms with Crippen LogP contribution in [0.1, 0.15) is 84.0 Å². The molecule has 8 aromatic rings. The molecule has 2 aliphatic heterocycles. The lowest BCUT2D eigenvalue weighted by Gasteiger charge is -2.31. The van der Waals surface area contributed by atoms with Gasteiger partial charge >= 0.3 is 0 Å². The van der Waals surface area contributed by atoms with E-state index in [1.807, 2.05) is 0 Å². The number of hydrogen-bond acceptors (Lipinski definition) is 2. The second-order valence-corrected chi connectivity index (χ2v) is 17.3. The fraction of sp³-hybridized carbons (Fsp3) is 0.186. The monoisotopic (exact) mass is 788 g/mol. The Bertz CT molecular complexity index is 2800. The van der Waals surface area contributed by atoms with Crippen LogP contribution in [0, 0.1) is 0 Å². The molecule has 8 aromatic carbocycles. The van der Waals surface area contributed by atoms with E-state index in [4.69, 9.17) is 0 Å². The molecule has 0 saturated carbocycles. The molecule has 2 nitrogen and oxygen atoms in total. The molecule has 2 heteroatoms. The molecular formula is C59H52N2. The second kappa shape index (κ2) is 15.4. The third-order valence-corrected chi connectivity index (χ3v) is 14.2. The summed E-state index contributed by atoms with van der Waals surface area (Å²) in [5.74, 6) is 0. The molecule has 1 aliphatic carbocycles. The number of rotatable bonds is 8. The minimum Gasteiger partial charge on any atom is -0.341 e.